The van der Waals surface area contributed by atoms with Gasteiger partial charge in [0.05, 0.1) is 11.6 Å². The van der Waals surface area contributed by atoms with Crippen molar-refractivity contribution < 1.29 is 4.79 Å². The maximum atomic E-state index is 11.9. The van der Waals surface area contributed by atoms with Gasteiger partial charge in [-0.2, -0.15) is 0 Å². The Bertz CT molecular complexity index is 775. The van der Waals surface area contributed by atoms with Crippen molar-refractivity contribution in [2.24, 2.45) is 0 Å². The summed E-state index contributed by atoms with van der Waals surface area (Å²) in [6, 6.07) is 9.95. The van der Waals surface area contributed by atoms with E-state index in [1.54, 1.807) is 11.3 Å². The molecule has 3 aromatic rings. The molecule has 5 nitrogen and oxygen atoms in total. The van der Waals surface area contributed by atoms with E-state index in [9.17, 15) is 4.79 Å². The predicted molar refractivity (Wildman–Crippen MR) is 93.8 cm³/mol. The van der Waals surface area contributed by atoms with Gasteiger partial charge in [-0.3, -0.25) is 0 Å². The molecular formula is C17H20N4OS. The van der Waals surface area contributed by atoms with E-state index in [4.69, 9.17) is 0 Å². The van der Waals surface area contributed by atoms with Gasteiger partial charge in [-0.05, 0) is 24.4 Å². The predicted octanol–water partition coefficient (Wildman–Crippen LogP) is 3.54. The summed E-state index contributed by atoms with van der Waals surface area (Å²) in [7, 11) is 0. The lowest BCUT2D eigenvalue weighted by atomic mass is 10.2. The topological polar surface area (TPSA) is 69.8 Å². The molecule has 0 spiro atoms. The number of thiazole rings is 1. The van der Waals surface area contributed by atoms with Crippen LogP contribution in [0.25, 0.3) is 10.9 Å². The number of urea groups is 1. The number of H-pyrrole nitrogens is 1. The molecule has 2 amide bonds. The Balaban J connectivity index is 1.47. The highest BCUT2D eigenvalue weighted by Gasteiger charge is 2.11. The molecule has 0 aliphatic rings. The van der Waals surface area contributed by atoms with Crippen molar-refractivity contribution in [1.82, 2.24) is 20.6 Å². The maximum Gasteiger partial charge on any atom is 0.315 e. The SMILES string of the molecule is Cc1cnc(C(C)CNC(=O)NCc2cc3ccccc3[nH]2)s1. The summed E-state index contributed by atoms with van der Waals surface area (Å²) in [5.41, 5.74) is 2.07. The highest BCUT2D eigenvalue weighted by atomic mass is 32.1. The third kappa shape index (κ3) is 3.90. The van der Waals surface area contributed by atoms with Gasteiger partial charge in [0.2, 0.25) is 0 Å². The smallest absolute Gasteiger partial charge is 0.315 e. The van der Waals surface area contributed by atoms with Gasteiger partial charge in [0.25, 0.3) is 0 Å². The number of hydrogen-bond acceptors (Lipinski definition) is 3. The summed E-state index contributed by atoms with van der Waals surface area (Å²) in [6.07, 6.45) is 1.87. The number of para-hydroxylation sites is 1. The number of aryl methyl sites for hydroxylation is 1. The van der Waals surface area contributed by atoms with E-state index in [-0.39, 0.29) is 11.9 Å². The number of benzene rings is 1. The van der Waals surface area contributed by atoms with Gasteiger partial charge in [0, 0.05) is 34.7 Å². The van der Waals surface area contributed by atoms with Crippen molar-refractivity contribution in [3.8, 4) is 0 Å². The molecule has 2 heterocycles. The van der Waals surface area contributed by atoms with Crippen LogP contribution in [-0.4, -0.2) is 22.5 Å². The van der Waals surface area contributed by atoms with Crippen LogP contribution < -0.4 is 10.6 Å². The number of nitrogens with zero attached hydrogens (tertiary/aromatic N) is 1. The summed E-state index contributed by atoms with van der Waals surface area (Å²) in [5, 5.41) is 7.98. The van der Waals surface area contributed by atoms with Gasteiger partial charge in [-0.15, -0.1) is 11.3 Å². The van der Waals surface area contributed by atoms with E-state index in [0.29, 0.717) is 13.1 Å². The Labute approximate surface area is 139 Å². The van der Waals surface area contributed by atoms with Crippen LogP contribution in [0.15, 0.2) is 36.5 Å². The van der Waals surface area contributed by atoms with Crippen LogP contribution in [0, 0.1) is 6.92 Å². The summed E-state index contributed by atoms with van der Waals surface area (Å²) >= 11 is 1.67. The Hall–Kier alpha value is -2.34. The summed E-state index contributed by atoms with van der Waals surface area (Å²) in [6.45, 7) is 5.15. The van der Waals surface area contributed by atoms with Crippen LogP contribution in [0.4, 0.5) is 4.79 Å². The molecule has 0 radical (unpaired) electrons. The van der Waals surface area contributed by atoms with E-state index in [0.717, 1.165) is 21.6 Å². The van der Waals surface area contributed by atoms with Crippen molar-refractivity contribution in [3.63, 3.8) is 0 Å². The van der Waals surface area contributed by atoms with E-state index in [2.05, 4.69) is 33.6 Å². The summed E-state index contributed by atoms with van der Waals surface area (Å²) in [5.74, 6) is 0.215. The van der Waals surface area contributed by atoms with Crippen molar-refractivity contribution in [2.75, 3.05) is 6.54 Å². The van der Waals surface area contributed by atoms with Crippen LogP contribution in [-0.2, 0) is 6.54 Å². The average Bonchev–Trinajstić information content (AvgIpc) is 3.16. The lowest BCUT2D eigenvalue weighted by molar-refractivity contribution is 0.240. The molecule has 2 aromatic heterocycles. The van der Waals surface area contributed by atoms with Crippen LogP contribution in [0.2, 0.25) is 0 Å². The molecule has 0 saturated heterocycles. The molecule has 6 heteroatoms. The number of aromatic amines is 1. The molecule has 0 aliphatic heterocycles. The summed E-state index contributed by atoms with van der Waals surface area (Å²) < 4.78 is 0. The van der Waals surface area contributed by atoms with Gasteiger partial charge >= 0.3 is 6.03 Å². The number of fused-ring (bicyclic) bond motifs is 1. The molecular weight excluding hydrogens is 308 g/mol. The fourth-order valence-corrected chi connectivity index (χ4v) is 3.23. The first-order valence-electron chi connectivity index (χ1n) is 7.62. The molecule has 0 saturated carbocycles. The Morgan fingerprint density at radius 3 is 2.91 bits per heavy atom. The molecule has 1 unspecified atom stereocenters. The fourth-order valence-electron chi connectivity index (χ4n) is 2.40. The zero-order valence-electron chi connectivity index (χ0n) is 13.2. The number of aromatic nitrogens is 2. The first-order valence-corrected chi connectivity index (χ1v) is 8.44. The Morgan fingerprint density at radius 1 is 1.35 bits per heavy atom. The van der Waals surface area contributed by atoms with Gasteiger partial charge < -0.3 is 15.6 Å². The molecule has 0 bridgehead atoms. The van der Waals surface area contributed by atoms with Crippen molar-refractivity contribution in [2.45, 2.75) is 26.3 Å². The zero-order valence-corrected chi connectivity index (χ0v) is 14.0. The van der Waals surface area contributed by atoms with Gasteiger partial charge in [0.15, 0.2) is 0 Å². The molecule has 0 fully saturated rings. The number of rotatable bonds is 5. The second-order valence-corrected chi connectivity index (χ2v) is 6.92. The van der Waals surface area contributed by atoms with Crippen LogP contribution in [0.1, 0.15) is 28.4 Å². The third-order valence-electron chi connectivity index (χ3n) is 3.65. The van der Waals surface area contributed by atoms with E-state index >= 15 is 0 Å². The van der Waals surface area contributed by atoms with Gasteiger partial charge in [-0.1, -0.05) is 25.1 Å². The second-order valence-electron chi connectivity index (χ2n) is 5.66. The first-order chi connectivity index (χ1) is 11.1. The number of nitrogens with one attached hydrogen (secondary N) is 3. The molecule has 0 aliphatic carbocycles. The third-order valence-corrected chi connectivity index (χ3v) is 4.80. The Morgan fingerprint density at radius 2 is 2.17 bits per heavy atom. The minimum absolute atomic E-state index is 0.163. The molecule has 23 heavy (non-hydrogen) atoms. The quantitative estimate of drug-likeness (QED) is 0.670. The normalized spacial score (nSPS) is 12.3. The highest BCUT2D eigenvalue weighted by Crippen LogP contribution is 2.20. The molecule has 120 valence electrons. The number of carbonyl (C=O) groups excluding carboxylic acids is 1. The van der Waals surface area contributed by atoms with E-state index in [1.165, 1.54) is 4.88 Å². The second kappa shape index (κ2) is 6.83. The number of carbonyl (C=O) groups is 1. The molecule has 3 rings (SSSR count). The summed E-state index contributed by atoms with van der Waals surface area (Å²) in [4.78, 5) is 20.8. The van der Waals surface area contributed by atoms with Crippen molar-refractivity contribution in [3.05, 3.63) is 52.1 Å². The number of amides is 2. The van der Waals surface area contributed by atoms with E-state index in [1.807, 2.05) is 37.4 Å². The molecule has 3 N–H and O–H groups in total. The Kier molecular flexibility index (Phi) is 4.62. The average molecular weight is 328 g/mol. The molecule has 1 aromatic carbocycles. The minimum atomic E-state index is -0.163. The monoisotopic (exact) mass is 328 g/mol. The molecule has 1 atom stereocenters. The van der Waals surface area contributed by atoms with Crippen molar-refractivity contribution in [1.29, 1.82) is 0 Å². The fraction of sp³-hybridized carbons (Fsp3) is 0.294. The zero-order chi connectivity index (χ0) is 16.2. The van der Waals surface area contributed by atoms with Crippen molar-refractivity contribution >= 4 is 28.3 Å². The minimum Gasteiger partial charge on any atom is -0.357 e. The first kappa shape index (κ1) is 15.6. The lowest BCUT2D eigenvalue weighted by Gasteiger charge is -2.10. The van der Waals surface area contributed by atoms with Gasteiger partial charge in [0.1, 0.15) is 0 Å². The van der Waals surface area contributed by atoms with E-state index < -0.39 is 0 Å². The standard InChI is InChI=1S/C17H20N4OS/c1-11(16-18-9-12(2)23-16)8-19-17(22)20-10-14-7-13-5-3-4-6-15(13)21-14/h3-7,9,11,21H,8,10H2,1-2H3,(H2,19,20,22). The highest BCUT2D eigenvalue weighted by molar-refractivity contribution is 7.11. The van der Waals surface area contributed by atoms with Crippen LogP contribution in [0.5, 0.6) is 0 Å². The number of hydrogen-bond donors (Lipinski definition) is 3. The van der Waals surface area contributed by atoms with Gasteiger partial charge in [-0.25, -0.2) is 9.78 Å². The largest absolute Gasteiger partial charge is 0.357 e. The maximum absolute atomic E-state index is 11.9. The lowest BCUT2D eigenvalue weighted by Crippen LogP contribution is -2.37. The van der Waals surface area contributed by atoms with Crippen LogP contribution >= 0.6 is 11.3 Å². The van der Waals surface area contributed by atoms with Crippen LogP contribution in [0.3, 0.4) is 0 Å².